The molecule has 3 N–H and O–H groups in total. The Hall–Kier alpha value is -0.910. The molecule has 1 aliphatic heterocycles. The molecular weight excluding hydrogens is 250 g/mol. The van der Waals surface area contributed by atoms with Crippen LogP contribution in [0.3, 0.4) is 0 Å². The summed E-state index contributed by atoms with van der Waals surface area (Å²) < 4.78 is 0. The van der Waals surface area contributed by atoms with E-state index in [1.807, 2.05) is 18.7 Å². The molecule has 1 fully saturated rings. The third-order valence-corrected chi connectivity index (χ3v) is 4.35. The van der Waals surface area contributed by atoms with Gasteiger partial charge in [-0.3, -0.25) is 4.79 Å². The number of rotatable bonds is 6. The van der Waals surface area contributed by atoms with E-state index in [1.54, 1.807) is 4.90 Å². The third-order valence-electron chi connectivity index (χ3n) is 3.30. The quantitative estimate of drug-likeness (QED) is 0.333. The lowest BCUT2D eigenvalue weighted by Gasteiger charge is -2.25. The van der Waals surface area contributed by atoms with Crippen LogP contribution < -0.4 is 5.73 Å². The minimum atomic E-state index is 0.176. The van der Waals surface area contributed by atoms with Crippen molar-refractivity contribution in [3.05, 3.63) is 0 Å². The summed E-state index contributed by atoms with van der Waals surface area (Å²) in [4.78, 5) is 13.9. The maximum absolute atomic E-state index is 12.1. The van der Waals surface area contributed by atoms with Gasteiger partial charge in [0.1, 0.15) is 5.84 Å². The Balaban J connectivity index is 2.36. The molecule has 0 radical (unpaired) electrons. The van der Waals surface area contributed by atoms with Crippen molar-refractivity contribution in [2.45, 2.75) is 32.6 Å². The zero-order valence-electron chi connectivity index (χ0n) is 11.0. The second kappa shape index (κ2) is 8.24. The maximum Gasteiger partial charge on any atom is 0.222 e. The van der Waals surface area contributed by atoms with Crippen molar-refractivity contribution in [1.82, 2.24) is 4.90 Å². The standard InChI is InChI=1S/C12H23N3O2S/c1-2-15(6-3-11(13)14-17)12(16)9-10-4-7-18-8-5-10/h10,17H,2-9H2,1H3,(H2,13,14). The fourth-order valence-corrected chi connectivity index (χ4v) is 3.29. The SMILES string of the molecule is CCN(CCC(N)=NO)C(=O)CC1CCSCC1. The van der Waals surface area contributed by atoms with E-state index in [9.17, 15) is 4.79 Å². The fourth-order valence-electron chi connectivity index (χ4n) is 2.09. The highest BCUT2D eigenvalue weighted by Crippen LogP contribution is 2.25. The number of amidine groups is 1. The number of carbonyl (C=O) groups is 1. The molecule has 0 bridgehead atoms. The molecule has 0 spiro atoms. The molecule has 0 unspecified atom stereocenters. The van der Waals surface area contributed by atoms with Gasteiger partial charge >= 0.3 is 0 Å². The van der Waals surface area contributed by atoms with Crippen LogP contribution in [0.25, 0.3) is 0 Å². The lowest BCUT2D eigenvalue weighted by molar-refractivity contribution is -0.132. The van der Waals surface area contributed by atoms with E-state index < -0.39 is 0 Å². The first-order valence-corrected chi connectivity index (χ1v) is 7.64. The average molecular weight is 273 g/mol. The molecule has 6 heteroatoms. The van der Waals surface area contributed by atoms with Crippen molar-refractivity contribution in [3.63, 3.8) is 0 Å². The second-order valence-corrected chi connectivity index (χ2v) is 5.80. The van der Waals surface area contributed by atoms with Gasteiger partial charge in [-0.15, -0.1) is 0 Å². The zero-order chi connectivity index (χ0) is 13.4. The van der Waals surface area contributed by atoms with Crippen molar-refractivity contribution >= 4 is 23.5 Å². The molecule has 1 aliphatic rings. The van der Waals surface area contributed by atoms with Crippen LogP contribution in [0.15, 0.2) is 5.16 Å². The first-order chi connectivity index (χ1) is 8.67. The second-order valence-electron chi connectivity index (χ2n) is 4.57. The number of hydrogen-bond acceptors (Lipinski definition) is 4. The Bertz CT molecular complexity index is 291. The number of nitrogens with zero attached hydrogens (tertiary/aromatic N) is 2. The lowest BCUT2D eigenvalue weighted by Crippen LogP contribution is -2.35. The van der Waals surface area contributed by atoms with Gasteiger partial charge in [-0.25, -0.2) is 0 Å². The van der Waals surface area contributed by atoms with Gasteiger partial charge in [-0.05, 0) is 37.2 Å². The van der Waals surface area contributed by atoms with Gasteiger partial charge in [0.25, 0.3) is 0 Å². The summed E-state index contributed by atoms with van der Waals surface area (Å²) in [6, 6.07) is 0. The number of oxime groups is 1. The highest BCUT2D eigenvalue weighted by molar-refractivity contribution is 7.99. The number of carbonyl (C=O) groups excluding carboxylic acids is 1. The summed E-state index contributed by atoms with van der Waals surface area (Å²) in [6.07, 6.45) is 3.36. The van der Waals surface area contributed by atoms with Crippen LogP contribution in [0.1, 0.15) is 32.6 Å². The molecular formula is C12H23N3O2S. The summed E-state index contributed by atoms with van der Waals surface area (Å²) >= 11 is 1.97. The molecule has 0 saturated carbocycles. The average Bonchev–Trinajstić information content (AvgIpc) is 2.40. The summed E-state index contributed by atoms with van der Waals surface area (Å²) in [7, 11) is 0. The van der Waals surface area contributed by atoms with E-state index in [-0.39, 0.29) is 11.7 Å². The van der Waals surface area contributed by atoms with E-state index in [2.05, 4.69) is 5.16 Å². The molecule has 1 heterocycles. The lowest BCUT2D eigenvalue weighted by atomic mass is 9.98. The molecule has 18 heavy (non-hydrogen) atoms. The van der Waals surface area contributed by atoms with Gasteiger partial charge in [0.15, 0.2) is 0 Å². The molecule has 0 aromatic rings. The van der Waals surface area contributed by atoms with Gasteiger partial charge in [0.2, 0.25) is 5.91 Å². The number of amides is 1. The van der Waals surface area contributed by atoms with E-state index in [1.165, 1.54) is 11.5 Å². The molecule has 5 nitrogen and oxygen atoms in total. The monoisotopic (exact) mass is 273 g/mol. The van der Waals surface area contributed by atoms with Crippen LogP contribution in [0, 0.1) is 5.92 Å². The van der Waals surface area contributed by atoms with Gasteiger partial charge in [0.05, 0.1) is 0 Å². The highest BCUT2D eigenvalue weighted by atomic mass is 32.2. The van der Waals surface area contributed by atoms with Crippen LogP contribution in [0.4, 0.5) is 0 Å². The van der Waals surface area contributed by atoms with Gasteiger partial charge in [-0.2, -0.15) is 11.8 Å². The molecule has 1 amide bonds. The number of thioether (sulfide) groups is 1. The summed E-state index contributed by atoms with van der Waals surface area (Å²) in [5.74, 6) is 3.26. The van der Waals surface area contributed by atoms with E-state index in [4.69, 9.17) is 10.9 Å². The van der Waals surface area contributed by atoms with Crippen molar-refractivity contribution in [3.8, 4) is 0 Å². The minimum absolute atomic E-state index is 0.176. The summed E-state index contributed by atoms with van der Waals surface area (Å²) in [5.41, 5.74) is 5.42. The summed E-state index contributed by atoms with van der Waals surface area (Å²) in [5, 5.41) is 11.4. The molecule has 0 aliphatic carbocycles. The predicted molar refractivity (Wildman–Crippen MR) is 74.9 cm³/mol. The topological polar surface area (TPSA) is 78.9 Å². The van der Waals surface area contributed by atoms with Crippen molar-refractivity contribution in [2.24, 2.45) is 16.8 Å². The van der Waals surface area contributed by atoms with Crippen LogP contribution in [0.2, 0.25) is 0 Å². The molecule has 0 aromatic carbocycles. The van der Waals surface area contributed by atoms with E-state index in [0.717, 1.165) is 12.8 Å². The molecule has 0 atom stereocenters. The number of nitrogens with two attached hydrogens (primary N) is 1. The van der Waals surface area contributed by atoms with Gasteiger partial charge in [-0.1, -0.05) is 5.16 Å². The molecule has 1 saturated heterocycles. The highest BCUT2D eigenvalue weighted by Gasteiger charge is 2.20. The largest absolute Gasteiger partial charge is 0.409 e. The maximum atomic E-state index is 12.1. The first-order valence-electron chi connectivity index (χ1n) is 6.49. The van der Waals surface area contributed by atoms with Crippen LogP contribution in [-0.2, 0) is 4.79 Å². The van der Waals surface area contributed by atoms with Crippen molar-refractivity contribution < 1.29 is 10.0 Å². The third kappa shape index (κ3) is 5.16. The van der Waals surface area contributed by atoms with Crippen molar-refractivity contribution in [2.75, 3.05) is 24.6 Å². The van der Waals surface area contributed by atoms with E-state index >= 15 is 0 Å². The normalized spacial score (nSPS) is 17.7. The number of hydrogen-bond donors (Lipinski definition) is 2. The zero-order valence-corrected chi connectivity index (χ0v) is 11.8. The van der Waals surface area contributed by atoms with Crippen LogP contribution in [0.5, 0.6) is 0 Å². The molecule has 0 aromatic heterocycles. The summed E-state index contributed by atoms with van der Waals surface area (Å²) in [6.45, 7) is 3.17. The Morgan fingerprint density at radius 3 is 2.72 bits per heavy atom. The van der Waals surface area contributed by atoms with E-state index in [0.29, 0.717) is 31.8 Å². The molecule has 104 valence electrons. The van der Waals surface area contributed by atoms with Gasteiger partial charge < -0.3 is 15.8 Å². The first kappa shape index (κ1) is 15.1. The fraction of sp³-hybridized carbons (Fsp3) is 0.833. The van der Waals surface area contributed by atoms with Crippen LogP contribution in [-0.4, -0.2) is 46.4 Å². The Morgan fingerprint density at radius 1 is 1.50 bits per heavy atom. The minimum Gasteiger partial charge on any atom is -0.409 e. The van der Waals surface area contributed by atoms with Crippen molar-refractivity contribution in [1.29, 1.82) is 0 Å². The smallest absolute Gasteiger partial charge is 0.222 e. The Kier molecular flexibility index (Phi) is 6.93. The van der Waals surface area contributed by atoms with Crippen LogP contribution >= 0.6 is 11.8 Å². The Labute approximate surface area is 113 Å². The Morgan fingerprint density at radius 2 is 2.17 bits per heavy atom. The molecule has 1 rings (SSSR count). The predicted octanol–water partition coefficient (Wildman–Crippen LogP) is 1.50. The van der Waals surface area contributed by atoms with Gasteiger partial charge in [0, 0.05) is 25.9 Å².